The van der Waals surface area contributed by atoms with E-state index in [2.05, 4.69) is 9.97 Å². The van der Waals surface area contributed by atoms with Gasteiger partial charge in [-0.05, 0) is 31.0 Å². The van der Waals surface area contributed by atoms with Crippen LogP contribution >= 0.6 is 0 Å². The highest BCUT2D eigenvalue weighted by Gasteiger charge is 2.13. The zero-order valence-electron chi connectivity index (χ0n) is 10.4. The van der Waals surface area contributed by atoms with Crippen molar-refractivity contribution in [2.75, 3.05) is 20.0 Å². The highest BCUT2D eigenvalue weighted by molar-refractivity contribution is 5.90. The average molecular weight is 233 g/mol. The van der Waals surface area contributed by atoms with Crippen LogP contribution in [0.15, 0.2) is 6.07 Å². The van der Waals surface area contributed by atoms with E-state index in [1.807, 2.05) is 19.9 Å². The van der Waals surface area contributed by atoms with Crippen LogP contribution in [0.1, 0.15) is 11.1 Å². The summed E-state index contributed by atoms with van der Waals surface area (Å²) in [5.41, 5.74) is 10.1. The molecule has 0 saturated carbocycles. The van der Waals surface area contributed by atoms with Gasteiger partial charge in [-0.25, -0.2) is 9.97 Å². The maximum absolute atomic E-state index is 6.04. The van der Waals surface area contributed by atoms with E-state index in [0.29, 0.717) is 28.5 Å². The number of nitrogens with zero attached hydrogens (tertiary/aromatic N) is 2. The van der Waals surface area contributed by atoms with Gasteiger partial charge < -0.3 is 15.2 Å². The van der Waals surface area contributed by atoms with Crippen LogP contribution in [-0.4, -0.2) is 24.2 Å². The first kappa shape index (κ1) is 11.4. The van der Waals surface area contributed by atoms with Gasteiger partial charge in [-0.1, -0.05) is 0 Å². The fraction of sp³-hybridized carbons (Fsp3) is 0.333. The SMILES string of the molecule is COc1nc2cc(C)c(C)c(N)c2nc1OC. The number of nitrogens with two attached hydrogens (primary N) is 1. The summed E-state index contributed by atoms with van der Waals surface area (Å²) in [6.45, 7) is 3.95. The van der Waals surface area contributed by atoms with Crippen molar-refractivity contribution in [2.45, 2.75) is 13.8 Å². The monoisotopic (exact) mass is 233 g/mol. The maximum atomic E-state index is 6.04. The van der Waals surface area contributed by atoms with Crippen LogP contribution in [0.4, 0.5) is 5.69 Å². The van der Waals surface area contributed by atoms with Gasteiger partial charge in [-0.15, -0.1) is 0 Å². The Hall–Kier alpha value is -2.04. The lowest BCUT2D eigenvalue weighted by Crippen LogP contribution is -2.01. The molecule has 0 aliphatic rings. The molecule has 5 nitrogen and oxygen atoms in total. The third-order valence-electron chi connectivity index (χ3n) is 2.85. The molecule has 0 aliphatic carbocycles. The molecule has 90 valence electrons. The molecule has 0 radical (unpaired) electrons. The number of benzene rings is 1. The van der Waals surface area contributed by atoms with Gasteiger partial charge in [0, 0.05) is 0 Å². The molecule has 0 saturated heterocycles. The number of fused-ring (bicyclic) bond motifs is 1. The van der Waals surface area contributed by atoms with Crippen LogP contribution in [0.2, 0.25) is 0 Å². The lowest BCUT2D eigenvalue weighted by Gasteiger charge is -2.11. The minimum atomic E-state index is 0.343. The van der Waals surface area contributed by atoms with Gasteiger partial charge in [0.25, 0.3) is 11.8 Å². The van der Waals surface area contributed by atoms with E-state index in [1.165, 1.54) is 14.2 Å². The molecular formula is C12H15N3O2. The molecule has 5 heteroatoms. The van der Waals surface area contributed by atoms with E-state index in [-0.39, 0.29) is 0 Å². The Morgan fingerprint density at radius 3 is 2.24 bits per heavy atom. The Balaban J connectivity index is 2.83. The van der Waals surface area contributed by atoms with Gasteiger partial charge in [0.15, 0.2) is 0 Å². The van der Waals surface area contributed by atoms with E-state index in [4.69, 9.17) is 15.2 Å². The second-order valence-corrected chi connectivity index (χ2v) is 3.84. The second-order valence-electron chi connectivity index (χ2n) is 3.84. The smallest absolute Gasteiger partial charge is 0.278 e. The Labute approximate surface area is 99.6 Å². The van der Waals surface area contributed by atoms with Crippen LogP contribution in [0.5, 0.6) is 11.8 Å². The summed E-state index contributed by atoms with van der Waals surface area (Å²) >= 11 is 0. The number of rotatable bonds is 2. The normalized spacial score (nSPS) is 10.6. The number of aryl methyl sites for hydroxylation is 1. The molecule has 2 N–H and O–H groups in total. The van der Waals surface area contributed by atoms with E-state index in [9.17, 15) is 0 Å². The lowest BCUT2D eigenvalue weighted by atomic mass is 10.1. The van der Waals surface area contributed by atoms with Crippen molar-refractivity contribution in [1.82, 2.24) is 9.97 Å². The van der Waals surface area contributed by atoms with Gasteiger partial charge in [-0.2, -0.15) is 0 Å². The van der Waals surface area contributed by atoms with E-state index in [0.717, 1.165) is 11.1 Å². The van der Waals surface area contributed by atoms with Gasteiger partial charge >= 0.3 is 0 Å². The number of aromatic nitrogens is 2. The largest absolute Gasteiger partial charge is 0.477 e. The summed E-state index contributed by atoms with van der Waals surface area (Å²) < 4.78 is 10.2. The minimum Gasteiger partial charge on any atom is -0.477 e. The zero-order chi connectivity index (χ0) is 12.6. The molecule has 1 aromatic carbocycles. The Morgan fingerprint density at radius 2 is 1.65 bits per heavy atom. The molecule has 0 atom stereocenters. The highest BCUT2D eigenvalue weighted by atomic mass is 16.5. The summed E-state index contributed by atoms with van der Waals surface area (Å²) in [6.07, 6.45) is 0. The third-order valence-corrected chi connectivity index (χ3v) is 2.85. The van der Waals surface area contributed by atoms with Crippen molar-refractivity contribution in [3.63, 3.8) is 0 Å². The predicted octanol–water partition coefficient (Wildman–Crippen LogP) is 1.85. The standard InChI is InChI=1S/C12H15N3O2/c1-6-5-8-10(9(13)7(6)2)15-12(17-4)11(14-8)16-3/h5H,13H2,1-4H3. The summed E-state index contributed by atoms with van der Waals surface area (Å²) in [4.78, 5) is 8.67. The average Bonchev–Trinajstić information content (AvgIpc) is 2.34. The Bertz CT molecular complexity index is 582. The van der Waals surface area contributed by atoms with Gasteiger partial charge in [-0.3, -0.25) is 0 Å². The van der Waals surface area contributed by atoms with E-state index in [1.54, 1.807) is 0 Å². The van der Waals surface area contributed by atoms with Crippen molar-refractivity contribution in [3.05, 3.63) is 17.2 Å². The first-order chi connectivity index (χ1) is 8.08. The molecule has 2 aromatic rings. The highest BCUT2D eigenvalue weighted by Crippen LogP contribution is 2.30. The molecule has 0 spiro atoms. The molecule has 1 heterocycles. The summed E-state index contributed by atoms with van der Waals surface area (Å²) in [5, 5.41) is 0. The van der Waals surface area contributed by atoms with Crippen molar-refractivity contribution >= 4 is 16.7 Å². The summed E-state index contributed by atoms with van der Waals surface area (Å²) in [5.74, 6) is 0.706. The minimum absolute atomic E-state index is 0.343. The third kappa shape index (κ3) is 1.73. The fourth-order valence-electron chi connectivity index (χ4n) is 1.68. The first-order valence-electron chi connectivity index (χ1n) is 5.24. The van der Waals surface area contributed by atoms with Crippen LogP contribution in [0.25, 0.3) is 11.0 Å². The number of anilines is 1. The zero-order valence-corrected chi connectivity index (χ0v) is 10.4. The molecule has 17 heavy (non-hydrogen) atoms. The van der Waals surface area contributed by atoms with Crippen LogP contribution in [-0.2, 0) is 0 Å². The molecule has 0 bridgehead atoms. The maximum Gasteiger partial charge on any atom is 0.278 e. The van der Waals surface area contributed by atoms with Crippen LogP contribution < -0.4 is 15.2 Å². The van der Waals surface area contributed by atoms with Crippen molar-refractivity contribution < 1.29 is 9.47 Å². The molecule has 0 fully saturated rings. The molecule has 0 amide bonds. The topological polar surface area (TPSA) is 70.3 Å². The Morgan fingerprint density at radius 1 is 1.06 bits per heavy atom. The summed E-state index contributed by atoms with van der Waals surface area (Å²) in [6, 6.07) is 1.94. The molecule has 1 aromatic heterocycles. The van der Waals surface area contributed by atoms with Crippen molar-refractivity contribution in [2.24, 2.45) is 0 Å². The fourth-order valence-corrected chi connectivity index (χ4v) is 1.68. The second kappa shape index (κ2) is 4.08. The van der Waals surface area contributed by atoms with E-state index < -0.39 is 0 Å². The van der Waals surface area contributed by atoms with Crippen LogP contribution in [0.3, 0.4) is 0 Å². The molecule has 0 unspecified atom stereocenters. The number of nitrogen functional groups attached to an aromatic ring is 1. The number of hydrogen-bond acceptors (Lipinski definition) is 5. The predicted molar refractivity (Wildman–Crippen MR) is 66.5 cm³/mol. The van der Waals surface area contributed by atoms with Crippen molar-refractivity contribution in [1.29, 1.82) is 0 Å². The first-order valence-corrected chi connectivity index (χ1v) is 5.24. The van der Waals surface area contributed by atoms with Gasteiger partial charge in [0.05, 0.1) is 25.4 Å². The number of methoxy groups -OCH3 is 2. The lowest BCUT2D eigenvalue weighted by molar-refractivity contribution is 0.334. The molecular weight excluding hydrogens is 218 g/mol. The molecule has 0 aliphatic heterocycles. The van der Waals surface area contributed by atoms with Crippen LogP contribution in [0, 0.1) is 13.8 Å². The van der Waals surface area contributed by atoms with Gasteiger partial charge in [0.1, 0.15) is 5.52 Å². The number of hydrogen-bond donors (Lipinski definition) is 1. The summed E-state index contributed by atoms with van der Waals surface area (Å²) in [7, 11) is 3.05. The van der Waals surface area contributed by atoms with E-state index >= 15 is 0 Å². The quantitative estimate of drug-likeness (QED) is 0.801. The Kier molecular flexibility index (Phi) is 2.75. The molecule has 2 rings (SSSR count). The van der Waals surface area contributed by atoms with Crippen molar-refractivity contribution in [3.8, 4) is 11.8 Å². The number of ether oxygens (including phenoxy) is 2. The van der Waals surface area contributed by atoms with Gasteiger partial charge in [0.2, 0.25) is 0 Å².